The lowest BCUT2D eigenvalue weighted by Gasteiger charge is -2.45. The molecule has 0 radical (unpaired) electrons. The zero-order valence-corrected chi connectivity index (χ0v) is 17.5. The summed E-state index contributed by atoms with van der Waals surface area (Å²) in [6.07, 6.45) is -13.2. The average molecular weight is 479 g/mol. The lowest BCUT2D eigenvalue weighted by atomic mass is 9.97. The fraction of sp³-hybridized carbons (Fsp3) is 0.789. The molecule has 10 atom stereocenters. The highest BCUT2D eigenvalue weighted by Crippen LogP contribution is 2.28. The van der Waals surface area contributed by atoms with Crippen LogP contribution in [0.5, 0.6) is 0 Å². The van der Waals surface area contributed by atoms with Gasteiger partial charge >= 0.3 is 0 Å². The molecule has 3 heterocycles. The van der Waals surface area contributed by atoms with Gasteiger partial charge in [-0.2, -0.15) is 0 Å². The monoisotopic (exact) mass is 479 g/mol. The Morgan fingerprint density at radius 2 is 1.52 bits per heavy atom. The summed E-state index contributed by atoms with van der Waals surface area (Å²) in [6, 6.07) is 0. The number of nitrogens with zero attached hydrogens (tertiary/aromatic N) is 1. The molecule has 2 saturated heterocycles. The highest BCUT2D eigenvalue weighted by atomic mass is 16.7. The second kappa shape index (κ2) is 11.2. The largest absolute Gasteiger partial charge is 0.394 e. The number of hydrogen-bond acceptors (Lipinski definition) is 13. The first kappa shape index (κ1) is 26.1. The average Bonchev–Trinajstić information content (AvgIpc) is 3.11. The van der Waals surface area contributed by atoms with Crippen LogP contribution in [0.25, 0.3) is 0 Å². The molecule has 7 N–H and O–H groups in total. The Hall–Kier alpha value is -1.56. The maximum Gasteiger partial charge on any atom is 0.253 e. The van der Waals surface area contributed by atoms with E-state index < -0.39 is 79.8 Å². The second-order valence-electron chi connectivity index (χ2n) is 7.93. The third kappa shape index (κ3) is 5.75. The van der Waals surface area contributed by atoms with Crippen LogP contribution in [0.4, 0.5) is 0 Å². The Morgan fingerprint density at radius 3 is 2.15 bits per heavy atom. The maximum atomic E-state index is 11.5. The highest BCUT2D eigenvalue weighted by Gasteiger charge is 2.50. The molecule has 0 aromatic carbocycles. The van der Waals surface area contributed by atoms with Crippen LogP contribution in [-0.4, -0.2) is 140 Å². The highest BCUT2D eigenvalue weighted by molar-refractivity contribution is 6.12. The molecule has 14 heteroatoms. The van der Waals surface area contributed by atoms with Crippen LogP contribution in [-0.2, 0) is 28.5 Å². The van der Waals surface area contributed by atoms with E-state index in [4.69, 9.17) is 18.9 Å². The molecule has 3 aliphatic rings. The molecular formula is C19H29NO13. The van der Waals surface area contributed by atoms with E-state index in [0.717, 1.165) is 17.1 Å². The topological polar surface area (TPSA) is 216 Å². The zero-order chi connectivity index (χ0) is 24.3. The Labute approximate surface area is 188 Å². The quantitative estimate of drug-likeness (QED) is 0.122. The molecule has 3 rings (SSSR count). The number of carbonyl (C=O) groups excluding carboxylic acids is 2. The number of rotatable bonds is 9. The van der Waals surface area contributed by atoms with Crippen molar-refractivity contribution < 1.29 is 64.3 Å². The van der Waals surface area contributed by atoms with E-state index in [0.29, 0.717) is 6.42 Å². The number of imide groups is 1. The molecule has 2 amide bonds. The molecule has 0 aliphatic carbocycles. The first-order valence-electron chi connectivity index (χ1n) is 10.4. The Morgan fingerprint density at radius 1 is 0.848 bits per heavy atom. The summed E-state index contributed by atoms with van der Waals surface area (Å²) in [6.45, 7) is -0.745. The van der Waals surface area contributed by atoms with E-state index in [2.05, 4.69) is 0 Å². The molecular weight excluding hydrogens is 450 g/mol. The summed E-state index contributed by atoms with van der Waals surface area (Å²) in [5, 5.41) is 69.6. The summed E-state index contributed by atoms with van der Waals surface area (Å²) < 4.78 is 21.3. The molecule has 0 spiro atoms. The Balaban J connectivity index is 1.52. The minimum Gasteiger partial charge on any atom is -0.394 e. The van der Waals surface area contributed by atoms with Crippen molar-refractivity contribution in [2.24, 2.45) is 0 Å². The molecule has 14 nitrogen and oxygen atoms in total. The van der Waals surface area contributed by atoms with Crippen LogP contribution in [0.2, 0.25) is 0 Å². The van der Waals surface area contributed by atoms with Crippen LogP contribution < -0.4 is 0 Å². The van der Waals surface area contributed by atoms with Crippen molar-refractivity contribution in [3.05, 3.63) is 12.2 Å². The van der Waals surface area contributed by atoms with Crippen LogP contribution >= 0.6 is 0 Å². The van der Waals surface area contributed by atoms with Crippen molar-refractivity contribution in [1.82, 2.24) is 4.90 Å². The van der Waals surface area contributed by atoms with Gasteiger partial charge in [-0.15, -0.1) is 0 Å². The normalized spacial score (nSPS) is 41.7. The van der Waals surface area contributed by atoms with E-state index in [-0.39, 0.29) is 19.8 Å². The van der Waals surface area contributed by atoms with Gasteiger partial charge < -0.3 is 54.7 Å². The molecule has 2 fully saturated rings. The predicted octanol–water partition coefficient (Wildman–Crippen LogP) is -5.06. The fourth-order valence-electron chi connectivity index (χ4n) is 3.73. The van der Waals surface area contributed by atoms with Crippen molar-refractivity contribution >= 4 is 11.8 Å². The first-order valence-corrected chi connectivity index (χ1v) is 10.4. The van der Waals surface area contributed by atoms with Gasteiger partial charge in [-0.1, -0.05) is 0 Å². The second-order valence-corrected chi connectivity index (χ2v) is 7.93. The van der Waals surface area contributed by atoms with E-state index in [9.17, 15) is 45.3 Å². The molecule has 3 aliphatic heterocycles. The molecule has 188 valence electrons. The van der Waals surface area contributed by atoms with E-state index in [1.165, 1.54) is 0 Å². The standard InChI is InChI=1S/C19H29NO13/c21-6-8-17(14(26)15(27)18(29)31-8)33-19-16(28)13(25)12(24)9(32-19)7-30-5-1-4-20-10(22)2-3-11(20)23/h2-3,8-9,12-19,21,24-29H,1,4-7H2/t8-,9-,12+,13+,14-,15-,16-,17-,18+,19+/m1/s1. The van der Waals surface area contributed by atoms with Crippen LogP contribution in [0, 0.1) is 0 Å². The van der Waals surface area contributed by atoms with Gasteiger partial charge in [0.1, 0.15) is 48.8 Å². The fourth-order valence-corrected chi connectivity index (χ4v) is 3.73. The smallest absolute Gasteiger partial charge is 0.253 e. The van der Waals surface area contributed by atoms with Gasteiger partial charge in [0, 0.05) is 25.3 Å². The lowest BCUT2D eigenvalue weighted by molar-refractivity contribution is -0.355. The number of amides is 2. The van der Waals surface area contributed by atoms with Crippen molar-refractivity contribution in [2.45, 2.75) is 67.8 Å². The molecule has 33 heavy (non-hydrogen) atoms. The molecule has 0 aromatic heterocycles. The van der Waals surface area contributed by atoms with Gasteiger partial charge in [-0.05, 0) is 6.42 Å². The summed E-state index contributed by atoms with van der Waals surface area (Å²) >= 11 is 0. The third-order valence-electron chi connectivity index (χ3n) is 5.65. The molecule has 0 saturated carbocycles. The SMILES string of the molecule is O=C1C=CC(=O)N1CCCOC[C@H]1O[C@@H](O[C@H]2[C@H](O)[C@@H](O)[C@@H](O)O[C@@H]2CO)[C@H](O)[C@@H](O)[C@H]1O. The Bertz CT molecular complexity index is 700. The van der Waals surface area contributed by atoms with Crippen molar-refractivity contribution in [1.29, 1.82) is 0 Å². The van der Waals surface area contributed by atoms with Crippen molar-refractivity contribution in [3.63, 3.8) is 0 Å². The lowest BCUT2D eigenvalue weighted by Crippen LogP contribution is -2.64. The van der Waals surface area contributed by atoms with Gasteiger partial charge in [0.25, 0.3) is 11.8 Å². The minimum absolute atomic E-state index is 0.0830. The van der Waals surface area contributed by atoms with Crippen molar-refractivity contribution in [2.75, 3.05) is 26.4 Å². The Kier molecular flexibility index (Phi) is 8.88. The number of carbonyl (C=O) groups is 2. The first-order chi connectivity index (χ1) is 15.6. The van der Waals surface area contributed by atoms with E-state index in [1.54, 1.807) is 0 Å². The molecule has 0 unspecified atom stereocenters. The van der Waals surface area contributed by atoms with Crippen molar-refractivity contribution in [3.8, 4) is 0 Å². The number of ether oxygens (including phenoxy) is 4. The molecule has 0 bridgehead atoms. The zero-order valence-electron chi connectivity index (χ0n) is 17.5. The van der Waals surface area contributed by atoms with Gasteiger partial charge in [0.05, 0.1) is 13.2 Å². The van der Waals surface area contributed by atoms with Crippen LogP contribution in [0.1, 0.15) is 6.42 Å². The third-order valence-corrected chi connectivity index (χ3v) is 5.65. The number of aliphatic hydroxyl groups excluding tert-OH is 7. The van der Waals surface area contributed by atoms with Gasteiger partial charge in [-0.25, -0.2) is 0 Å². The minimum atomic E-state index is -1.77. The molecule has 0 aromatic rings. The van der Waals surface area contributed by atoms with Gasteiger partial charge in [0.2, 0.25) is 0 Å². The van der Waals surface area contributed by atoms with E-state index >= 15 is 0 Å². The van der Waals surface area contributed by atoms with E-state index in [1.807, 2.05) is 0 Å². The number of aliphatic hydroxyl groups is 7. The summed E-state index contributed by atoms with van der Waals surface area (Å²) in [4.78, 5) is 24.0. The summed E-state index contributed by atoms with van der Waals surface area (Å²) in [5.41, 5.74) is 0. The summed E-state index contributed by atoms with van der Waals surface area (Å²) in [5.74, 6) is -0.841. The van der Waals surface area contributed by atoms with Crippen LogP contribution in [0.15, 0.2) is 12.2 Å². The maximum absolute atomic E-state index is 11.5. The number of hydrogen-bond donors (Lipinski definition) is 7. The summed E-state index contributed by atoms with van der Waals surface area (Å²) in [7, 11) is 0. The predicted molar refractivity (Wildman–Crippen MR) is 103 cm³/mol. The van der Waals surface area contributed by atoms with Gasteiger partial charge in [-0.3, -0.25) is 14.5 Å². The van der Waals surface area contributed by atoms with Crippen LogP contribution in [0.3, 0.4) is 0 Å². The van der Waals surface area contributed by atoms with Gasteiger partial charge in [0.15, 0.2) is 12.6 Å².